The molecule has 3 heterocycles. The molecular formula is C24H31N5O2. The average Bonchev–Trinajstić information content (AvgIpc) is 3.16. The summed E-state index contributed by atoms with van der Waals surface area (Å²) >= 11 is 0. The second-order valence-corrected chi connectivity index (χ2v) is 9.01. The van der Waals surface area contributed by atoms with Crippen LogP contribution in [-0.2, 0) is 11.8 Å². The third-order valence-electron chi connectivity index (χ3n) is 6.56. The number of nitrogens with one attached hydrogen (secondary N) is 1. The number of ether oxygens (including phenoxy) is 2. The Morgan fingerprint density at radius 1 is 1.13 bits per heavy atom. The van der Waals surface area contributed by atoms with Crippen LogP contribution < -0.4 is 10.1 Å². The summed E-state index contributed by atoms with van der Waals surface area (Å²) in [6.45, 7) is 3.74. The molecule has 0 spiro atoms. The predicted molar refractivity (Wildman–Crippen MR) is 121 cm³/mol. The van der Waals surface area contributed by atoms with E-state index in [1.54, 1.807) is 0 Å². The van der Waals surface area contributed by atoms with Gasteiger partial charge < -0.3 is 14.8 Å². The van der Waals surface area contributed by atoms with E-state index in [1.807, 2.05) is 24.1 Å². The molecule has 1 aliphatic carbocycles. The van der Waals surface area contributed by atoms with Crippen LogP contribution in [0.3, 0.4) is 0 Å². The highest BCUT2D eigenvalue weighted by molar-refractivity contribution is 5.85. The van der Waals surface area contributed by atoms with Gasteiger partial charge in [-0.3, -0.25) is 4.68 Å². The Morgan fingerprint density at radius 3 is 2.81 bits per heavy atom. The van der Waals surface area contributed by atoms with Crippen molar-refractivity contribution in [3.8, 4) is 17.0 Å². The molecule has 1 aromatic carbocycles. The Kier molecular flexibility index (Phi) is 5.76. The quantitative estimate of drug-likeness (QED) is 0.650. The van der Waals surface area contributed by atoms with Gasteiger partial charge in [-0.05, 0) is 62.1 Å². The zero-order valence-corrected chi connectivity index (χ0v) is 18.4. The van der Waals surface area contributed by atoms with E-state index in [2.05, 4.69) is 40.5 Å². The van der Waals surface area contributed by atoms with Gasteiger partial charge in [0.2, 0.25) is 11.8 Å². The summed E-state index contributed by atoms with van der Waals surface area (Å²) in [6.07, 6.45) is 10.6. The lowest BCUT2D eigenvalue weighted by atomic mass is 9.87. The number of aryl methyl sites for hydroxylation is 1. The summed E-state index contributed by atoms with van der Waals surface area (Å²) in [7, 11) is 1.95. The molecule has 7 nitrogen and oxygen atoms in total. The van der Waals surface area contributed by atoms with Crippen LogP contribution in [0.2, 0.25) is 0 Å². The molecule has 1 aliphatic heterocycles. The maximum Gasteiger partial charge on any atom is 0.226 e. The lowest BCUT2D eigenvalue weighted by Gasteiger charge is -2.27. The molecule has 2 fully saturated rings. The summed E-state index contributed by atoms with van der Waals surface area (Å²) in [6, 6.07) is 6.73. The molecule has 0 radical (unpaired) electrons. The molecule has 2 aliphatic rings. The molecule has 1 N–H and O–H groups in total. The summed E-state index contributed by atoms with van der Waals surface area (Å²) in [5.74, 6) is 2.09. The summed E-state index contributed by atoms with van der Waals surface area (Å²) in [4.78, 5) is 9.47. The number of nitrogens with zero attached hydrogens (tertiary/aromatic N) is 4. The lowest BCUT2D eigenvalue weighted by Crippen LogP contribution is -2.29. The standard InChI is InChI=1S/C24H31N5O2/c1-16-5-8-19(9-6-16)27-24-25-14-21(23(28-24)31-20-4-3-11-30-15-20)17-7-10-22-18(12-17)13-26-29(22)2/h7,10,12-14,16,19-20H,3-6,8-9,11,15H2,1-2H3,(H,25,27,28)/t16-,19-,20-/m1/s1. The first kappa shape index (κ1) is 20.2. The molecule has 5 rings (SSSR count). The van der Waals surface area contributed by atoms with Crippen molar-refractivity contribution in [2.75, 3.05) is 18.5 Å². The van der Waals surface area contributed by atoms with Crippen molar-refractivity contribution in [2.45, 2.75) is 57.6 Å². The van der Waals surface area contributed by atoms with Crippen LogP contribution in [0.4, 0.5) is 5.95 Å². The largest absolute Gasteiger partial charge is 0.471 e. The predicted octanol–water partition coefficient (Wildman–Crippen LogP) is 4.58. The Balaban J connectivity index is 1.44. The summed E-state index contributed by atoms with van der Waals surface area (Å²) in [5.41, 5.74) is 3.03. The monoisotopic (exact) mass is 421 g/mol. The highest BCUT2D eigenvalue weighted by Crippen LogP contribution is 2.33. The molecular weight excluding hydrogens is 390 g/mol. The molecule has 1 saturated carbocycles. The van der Waals surface area contributed by atoms with Crippen molar-refractivity contribution >= 4 is 16.9 Å². The van der Waals surface area contributed by atoms with Crippen LogP contribution in [0.15, 0.2) is 30.6 Å². The van der Waals surface area contributed by atoms with E-state index < -0.39 is 0 Å². The van der Waals surface area contributed by atoms with Crippen molar-refractivity contribution < 1.29 is 9.47 Å². The van der Waals surface area contributed by atoms with Gasteiger partial charge in [-0.25, -0.2) is 4.98 Å². The third kappa shape index (κ3) is 4.51. The second kappa shape index (κ2) is 8.83. The van der Waals surface area contributed by atoms with Gasteiger partial charge in [0.05, 0.1) is 23.9 Å². The fourth-order valence-electron chi connectivity index (χ4n) is 4.60. The Bertz CT molecular complexity index is 1040. The minimum atomic E-state index is 0.0212. The maximum atomic E-state index is 6.37. The van der Waals surface area contributed by atoms with Gasteiger partial charge in [-0.15, -0.1) is 0 Å². The molecule has 1 atom stereocenters. The number of aromatic nitrogens is 4. The fourth-order valence-corrected chi connectivity index (χ4v) is 4.60. The van der Waals surface area contributed by atoms with E-state index in [4.69, 9.17) is 14.5 Å². The average molecular weight is 422 g/mol. The Labute approximate surface area is 183 Å². The molecule has 0 unspecified atom stereocenters. The van der Waals surface area contributed by atoms with Crippen LogP contribution in [0.1, 0.15) is 45.4 Å². The Morgan fingerprint density at radius 2 is 2.00 bits per heavy atom. The van der Waals surface area contributed by atoms with E-state index in [0.717, 1.165) is 60.2 Å². The van der Waals surface area contributed by atoms with Crippen molar-refractivity contribution in [1.29, 1.82) is 0 Å². The molecule has 164 valence electrons. The SMILES string of the molecule is Cn1ncc2cc(-c3cnc(N[C@H]4CC[C@H](C)CC4)nc3O[C@@H]3CCCOC3)ccc21. The highest BCUT2D eigenvalue weighted by Gasteiger charge is 2.22. The zero-order valence-electron chi connectivity index (χ0n) is 18.4. The number of rotatable bonds is 5. The Hall–Kier alpha value is -2.67. The van der Waals surface area contributed by atoms with Gasteiger partial charge in [-0.1, -0.05) is 13.0 Å². The molecule has 7 heteroatoms. The lowest BCUT2D eigenvalue weighted by molar-refractivity contribution is 0.00578. The number of hydrogen-bond acceptors (Lipinski definition) is 6. The first-order chi connectivity index (χ1) is 15.2. The van der Waals surface area contributed by atoms with E-state index in [0.29, 0.717) is 24.5 Å². The van der Waals surface area contributed by atoms with Crippen LogP contribution in [-0.4, -0.2) is 45.1 Å². The minimum Gasteiger partial charge on any atom is -0.471 e. The normalized spacial score (nSPS) is 24.3. The van der Waals surface area contributed by atoms with Crippen LogP contribution in [0, 0.1) is 5.92 Å². The topological polar surface area (TPSA) is 74.1 Å². The summed E-state index contributed by atoms with van der Waals surface area (Å²) < 4.78 is 13.9. The molecule has 1 saturated heterocycles. The van der Waals surface area contributed by atoms with Gasteiger partial charge in [0.25, 0.3) is 0 Å². The van der Waals surface area contributed by atoms with Crippen molar-refractivity contribution in [1.82, 2.24) is 19.7 Å². The number of anilines is 1. The fraction of sp³-hybridized carbons (Fsp3) is 0.542. The minimum absolute atomic E-state index is 0.0212. The van der Waals surface area contributed by atoms with Gasteiger partial charge in [0, 0.05) is 31.3 Å². The van der Waals surface area contributed by atoms with Crippen molar-refractivity contribution in [3.05, 3.63) is 30.6 Å². The van der Waals surface area contributed by atoms with E-state index >= 15 is 0 Å². The number of hydrogen-bond donors (Lipinski definition) is 1. The van der Waals surface area contributed by atoms with Crippen molar-refractivity contribution in [3.63, 3.8) is 0 Å². The second-order valence-electron chi connectivity index (χ2n) is 9.01. The molecule has 2 aromatic heterocycles. The molecule has 3 aromatic rings. The van der Waals surface area contributed by atoms with Crippen LogP contribution in [0.25, 0.3) is 22.0 Å². The number of benzene rings is 1. The molecule has 31 heavy (non-hydrogen) atoms. The highest BCUT2D eigenvalue weighted by atomic mass is 16.5. The molecule has 0 amide bonds. The smallest absolute Gasteiger partial charge is 0.226 e. The first-order valence-electron chi connectivity index (χ1n) is 11.5. The molecule has 0 bridgehead atoms. The third-order valence-corrected chi connectivity index (χ3v) is 6.56. The van der Waals surface area contributed by atoms with Gasteiger partial charge in [0.1, 0.15) is 6.10 Å². The van der Waals surface area contributed by atoms with Crippen LogP contribution in [0.5, 0.6) is 5.88 Å². The van der Waals surface area contributed by atoms with Gasteiger partial charge >= 0.3 is 0 Å². The summed E-state index contributed by atoms with van der Waals surface area (Å²) in [5, 5.41) is 8.99. The van der Waals surface area contributed by atoms with E-state index in [9.17, 15) is 0 Å². The van der Waals surface area contributed by atoms with Gasteiger partial charge in [-0.2, -0.15) is 10.1 Å². The number of fused-ring (bicyclic) bond motifs is 1. The van der Waals surface area contributed by atoms with E-state index in [1.165, 1.54) is 12.8 Å². The van der Waals surface area contributed by atoms with Crippen LogP contribution >= 0.6 is 0 Å². The maximum absolute atomic E-state index is 6.37. The van der Waals surface area contributed by atoms with Gasteiger partial charge in [0.15, 0.2) is 0 Å². The first-order valence-corrected chi connectivity index (χ1v) is 11.5. The van der Waals surface area contributed by atoms with E-state index in [-0.39, 0.29) is 6.10 Å². The van der Waals surface area contributed by atoms with Crippen molar-refractivity contribution in [2.24, 2.45) is 13.0 Å². The zero-order chi connectivity index (χ0) is 21.2.